The van der Waals surface area contributed by atoms with Gasteiger partial charge in [0.2, 0.25) is 10.0 Å². The highest BCUT2D eigenvalue weighted by Gasteiger charge is 2.27. The summed E-state index contributed by atoms with van der Waals surface area (Å²) in [6, 6.07) is 8.18. The van der Waals surface area contributed by atoms with Gasteiger partial charge in [-0.3, -0.25) is 4.79 Å². The fraction of sp³-hybridized carbons (Fsp3) is 0.381. The predicted octanol–water partition coefficient (Wildman–Crippen LogP) is 4.80. The number of carbonyl (C=O) groups is 1. The molecule has 1 heterocycles. The Morgan fingerprint density at radius 2 is 1.83 bits per heavy atom. The molecule has 6 nitrogen and oxygen atoms in total. The minimum absolute atomic E-state index is 0.0916. The fourth-order valence-electron chi connectivity index (χ4n) is 3.24. The molecule has 0 atom stereocenters. The van der Waals surface area contributed by atoms with Gasteiger partial charge in [-0.1, -0.05) is 6.42 Å². The van der Waals surface area contributed by atoms with Crippen LogP contribution in [0.4, 0.5) is 10.1 Å². The second-order valence-corrected chi connectivity index (χ2v) is 10.2. The van der Waals surface area contributed by atoms with Crippen LogP contribution >= 0.6 is 15.9 Å². The molecule has 0 bridgehead atoms. The third-order valence-electron chi connectivity index (χ3n) is 4.69. The molecule has 0 unspecified atom stereocenters. The monoisotopic (exact) mass is 498 g/mol. The summed E-state index contributed by atoms with van der Waals surface area (Å²) < 4.78 is 47.0. The molecule has 1 saturated heterocycles. The first kappa shape index (κ1) is 22.7. The number of ether oxygens (including phenoxy) is 1. The molecule has 1 aliphatic heterocycles. The molecule has 30 heavy (non-hydrogen) atoms. The van der Waals surface area contributed by atoms with Crippen molar-refractivity contribution in [3.8, 4) is 5.75 Å². The van der Waals surface area contributed by atoms with Crippen molar-refractivity contribution in [1.29, 1.82) is 0 Å². The van der Waals surface area contributed by atoms with Gasteiger partial charge in [-0.15, -0.1) is 0 Å². The molecule has 162 valence electrons. The van der Waals surface area contributed by atoms with Crippen molar-refractivity contribution in [2.75, 3.05) is 18.4 Å². The van der Waals surface area contributed by atoms with Gasteiger partial charge in [0.1, 0.15) is 11.6 Å². The lowest BCUT2D eigenvalue weighted by molar-refractivity contribution is 0.102. The van der Waals surface area contributed by atoms with Gasteiger partial charge in [-0.05, 0) is 79.0 Å². The summed E-state index contributed by atoms with van der Waals surface area (Å²) in [6.45, 7) is 4.63. The minimum Gasteiger partial charge on any atom is -0.489 e. The Hall–Kier alpha value is -1.97. The van der Waals surface area contributed by atoms with Gasteiger partial charge in [0.05, 0.1) is 22.3 Å². The number of hydrogen-bond acceptors (Lipinski definition) is 4. The first-order valence-corrected chi connectivity index (χ1v) is 12.0. The minimum atomic E-state index is -3.68. The van der Waals surface area contributed by atoms with Crippen molar-refractivity contribution in [1.82, 2.24) is 4.31 Å². The molecule has 9 heteroatoms. The molecule has 2 aromatic carbocycles. The van der Waals surface area contributed by atoms with Gasteiger partial charge in [0.25, 0.3) is 5.91 Å². The van der Waals surface area contributed by atoms with Crippen LogP contribution in [0.25, 0.3) is 0 Å². The van der Waals surface area contributed by atoms with E-state index >= 15 is 0 Å². The van der Waals surface area contributed by atoms with E-state index < -0.39 is 21.7 Å². The van der Waals surface area contributed by atoms with E-state index in [1.165, 1.54) is 34.6 Å². The lowest BCUT2D eigenvalue weighted by Gasteiger charge is -2.26. The van der Waals surface area contributed by atoms with E-state index in [-0.39, 0.29) is 22.3 Å². The van der Waals surface area contributed by atoms with Gasteiger partial charge in [-0.25, -0.2) is 12.8 Å². The lowest BCUT2D eigenvalue weighted by Crippen LogP contribution is -2.35. The average molecular weight is 499 g/mol. The number of rotatable bonds is 6. The largest absolute Gasteiger partial charge is 0.489 e. The van der Waals surface area contributed by atoms with Crippen LogP contribution in [-0.2, 0) is 10.0 Å². The molecule has 1 fully saturated rings. The van der Waals surface area contributed by atoms with E-state index in [0.29, 0.717) is 23.3 Å². The Labute approximate surface area is 184 Å². The van der Waals surface area contributed by atoms with Gasteiger partial charge < -0.3 is 10.1 Å². The van der Waals surface area contributed by atoms with E-state index in [0.717, 1.165) is 19.3 Å². The summed E-state index contributed by atoms with van der Waals surface area (Å²) in [5.41, 5.74) is 0.458. The number of halogens is 2. The van der Waals surface area contributed by atoms with Crippen LogP contribution in [0.2, 0.25) is 0 Å². The zero-order chi connectivity index (χ0) is 21.9. The van der Waals surface area contributed by atoms with E-state index in [2.05, 4.69) is 21.2 Å². The quantitative estimate of drug-likeness (QED) is 0.620. The number of benzene rings is 2. The van der Waals surface area contributed by atoms with Crippen molar-refractivity contribution >= 4 is 37.5 Å². The molecule has 0 aromatic heterocycles. The molecule has 0 saturated carbocycles. The lowest BCUT2D eigenvalue weighted by atomic mass is 10.2. The second-order valence-electron chi connectivity index (χ2n) is 7.37. The zero-order valence-corrected chi connectivity index (χ0v) is 19.2. The van der Waals surface area contributed by atoms with Crippen LogP contribution in [0, 0.1) is 5.82 Å². The number of piperidine rings is 1. The molecule has 0 aliphatic carbocycles. The van der Waals surface area contributed by atoms with Crippen molar-refractivity contribution in [3.63, 3.8) is 0 Å². The summed E-state index contributed by atoms with van der Waals surface area (Å²) in [5.74, 6) is -0.631. The Morgan fingerprint density at radius 3 is 2.47 bits per heavy atom. The van der Waals surface area contributed by atoms with Crippen LogP contribution in [-0.4, -0.2) is 37.8 Å². The van der Waals surface area contributed by atoms with Gasteiger partial charge in [0.15, 0.2) is 0 Å². The standard InChI is InChI=1S/C21H24BrFN2O4S/c1-14(2)29-20-9-7-16(30(27,28)25-10-4-3-5-11-25)13-19(20)24-21(26)17-8-6-15(23)12-18(17)22/h6-9,12-14H,3-5,10-11H2,1-2H3,(H,24,26). The van der Waals surface area contributed by atoms with E-state index in [1.807, 2.05) is 13.8 Å². The molecule has 1 aliphatic rings. The highest BCUT2D eigenvalue weighted by Crippen LogP contribution is 2.32. The molecule has 0 spiro atoms. The molecule has 2 aromatic rings. The van der Waals surface area contributed by atoms with Crippen molar-refractivity contribution in [2.24, 2.45) is 0 Å². The molecule has 0 radical (unpaired) electrons. The Morgan fingerprint density at radius 1 is 1.13 bits per heavy atom. The average Bonchev–Trinajstić information content (AvgIpc) is 2.69. The Kier molecular flexibility index (Phi) is 7.15. The maximum Gasteiger partial charge on any atom is 0.256 e. The smallest absolute Gasteiger partial charge is 0.256 e. The Balaban J connectivity index is 1.96. The number of sulfonamides is 1. The first-order chi connectivity index (χ1) is 14.2. The molecule has 1 amide bonds. The molecule has 3 rings (SSSR count). The predicted molar refractivity (Wildman–Crippen MR) is 117 cm³/mol. The SMILES string of the molecule is CC(C)Oc1ccc(S(=O)(=O)N2CCCCC2)cc1NC(=O)c1ccc(F)cc1Br. The maximum atomic E-state index is 13.4. The van der Waals surface area contributed by atoms with Gasteiger partial charge in [-0.2, -0.15) is 4.31 Å². The second kappa shape index (κ2) is 9.45. The summed E-state index contributed by atoms with van der Waals surface area (Å²) in [5, 5.41) is 2.71. The molecule has 1 N–H and O–H groups in total. The Bertz CT molecular complexity index is 1040. The third-order valence-corrected chi connectivity index (χ3v) is 7.24. The van der Waals surface area contributed by atoms with Crippen LogP contribution in [0.5, 0.6) is 5.75 Å². The molecular formula is C21H24BrFN2O4S. The molecular weight excluding hydrogens is 475 g/mol. The topological polar surface area (TPSA) is 75.7 Å². The summed E-state index contributed by atoms with van der Waals surface area (Å²) >= 11 is 3.18. The van der Waals surface area contributed by atoms with E-state index in [9.17, 15) is 17.6 Å². The van der Waals surface area contributed by atoms with Crippen molar-refractivity contribution in [2.45, 2.75) is 44.1 Å². The number of nitrogens with zero attached hydrogens (tertiary/aromatic N) is 1. The highest BCUT2D eigenvalue weighted by atomic mass is 79.9. The summed E-state index contributed by atoms with van der Waals surface area (Å²) in [4.78, 5) is 12.9. The van der Waals surface area contributed by atoms with Crippen LogP contribution < -0.4 is 10.1 Å². The summed E-state index contributed by atoms with van der Waals surface area (Å²) in [6.07, 6.45) is 2.50. The number of carbonyl (C=O) groups excluding carboxylic acids is 1. The van der Waals surface area contributed by atoms with Crippen LogP contribution in [0.15, 0.2) is 45.8 Å². The summed E-state index contributed by atoms with van der Waals surface area (Å²) in [7, 11) is -3.68. The fourth-order valence-corrected chi connectivity index (χ4v) is 5.32. The number of hydrogen-bond donors (Lipinski definition) is 1. The highest BCUT2D eigenvalue weighted by molar-refractivity contribution is 9.10. The zero-order valence-electron chi connectivity index (χ0n) is 16.8. The van der Waals surface area contributed by atoms with E-state index in [1.54, 1.807) is 6.07 Å². The van der Waals surface area contributed by atoms with E-state index in [4.69, 9.17) is 4.74 Å². The van der Waals surface area contributed by atoms with Crippen molar-refractivity contribution < 1.29 is 22.3 Å². The van der Waals surface area contributed by atoms with Crippen molar-refractivity contribution in [3.05, 3.63) is 52.3 Å². The number of anilines is 1. The number of amides is 1. The maximum absolute atomic E-state index is 13.4. The number of nitrogens with one attached hydrogen (secondary N) is 1. The van der Waals surface area contributed by atoms with Gasteiger partial charge >= 0.3 is 0 Å². The van der Waals surface area contributed by atoms with Crippen LogP contribution in [0.3, 0.4) is 0 Å². The third kappa shape index (κ3) is 5.19. The normalized spacial score (nSPS) is 15.2. The van der Waals surface area contributed by atoms with Gasteiger partial charge in [0, 0.05) is 17.6 Å². The first-order valence-electron chi connectivity index (χ1n) is 9.76. The van der Waals surface area contributed by atoms with Crippen LogP contribution in [0.1, 0.15) is 43.5 Å².